The molecule has 0 saturated heterocycles. The Morgan fingerprint density at radius 1 is 1.50 bits per heavy atom. The Morgan fingerprint density at radius 2 is 2.39 bits per heavy atom. The van der Waals surface area contributed by atoms with Gasteiger partial charge in [-0.3, -0.25) is 0 Å². The number of rotatable bonds is 3. The molecule has 0 amide bonds. The van der Waals surface area contributed by atoms with Crippen LogP contribution < -0.4 is 5.32 Å². The van der Waals surface area contributed by atoms with Crippen molar-refractivity contribution in [3.05, 3.63) is 43.9 Å². The van der Waals surface area contributed by atoms with Crippen molar-refractivity contribution < 1.29 is 4.42 Å². The molecule has 96 valence electrons. The zero-order valence-corrected chi connectivity index (χ0v) is 12.7. The van der Waals surface area contributed by atoms with Gasteiger partial charge in [0.2, 0.25) is 0 Å². The van der Waals surface area contributed by atoms with Crippen molar-refractivity contribution in [1.82, 2.24) is 5.32 Å². The second-order valence-corrected chi connectivity index (χ2v) is 7.28. The van der Waals surface area contributed by atoms with Gasteiger partial charge in [0.25, 0.3) is 0 Å². The fourth-order valence-electron chi connectivity index (χ4n) is 2.54. The Bertz CT molecular complexity index is 546. The molecule has 0 fully saturated rings. The van der Waals surface area contributed by atoms with E-state index in [1.807, 2.05) is 24.3 Å². The van der Waals surface area contributed by atoms with Crippen LogP contribution in [0.1, 0.15) is 40.8 Å². The van der Waals surface area contributed by atoms with Gasteiger partial charge in [0.15, 0.2) is 0 Å². The zero-order valence-electron chi connectivity index (χ0n) is 10.3. The number of hydrogen-bond acceptors (Lipinski definition) is 3. The van der Waals surface area contributed by atoms with Crippen molar-refractivity contribution in [3.63, 3.8) is 0 Å². The summed E-state index contributed by atoms with van der Waals surface area (Å²) >= 11 is 5.46. The normalized spacial score (nSPS) is 18.9. The second-order valence-electron chi connectivity index (χ2n) is 4.77. The number of halogens is 1. The lowest BCUT2D eigenvalue weighted by atomic mass is 9.94. The fraction of sp³-hybridized carbons (Fsp3) is 0.429. The first-order valence-electron chi connectivity index (χ1n) is 6.29. The van der Waals surface area contributed by atoms with Crippen LogP contribution in [-0.2, 0) is 13.0 Å². The van der Waals surface area contributed by atoms with E-state index >= 15 is 0 Å². The van der Waals surface area contributed by atoms with Crippen molar-refractivity contribution in [1.29, 1.82) is 0 Å². The van der Waals surface area contributed by atoms with E-state index in [0.717, 1.165) is 18.1 Å². The minimum Gasteiger partial charge on any atom is -0.465 e. The molecule has 0 bridgehead atoms. The molecule has 4 heteroatoms. The summed E-state index contributed by atoms with van der Waals surface area (Å²) in [6.45, 7) is 2.80. The van der Waals surface area contributed by atoms with Gasteiger partial charge in [-0.1, -0.05) is 0 Å². The summed E-state index contributed by atoms with van der Waals surface area (Å²) in [5.41, 5.74) is 1.47. The van der Waals surface area contributed by atoms with Gasteiger partial charge in [-0.15, -0.1) is 11.3 Å². The standard InChI is InChI=1S/C14H16BrNOS/c1-9-5-6-10(17-9)8-16-12-3-2-4-13-11(12)7-14(15)18-13/h5-7,12,16H,2-4,8H2,1H3. The summed E-state index contributed by atoms with van der Waals surface area (Å²) in [5, 5.41) is 3.61. The lowest BCUT2D eigenvalue weighted by Gasteiger charge is -2.23. The molecule has 1 unspecified atom stereocenters. The minimum absolute atomic E-state index is 0.474. The lowest BCUT2D eigenvalue weighted by Crippen LogP contribution is -2.23. The van der Waals surface area contributed by atoms with Crippen molar-refractivity contribution in [2.75, 3.05) is 0 Å². The summed E-state index contributed by atoms with van der Waals surface area (Å²) in [6, 6.07) is 6.81. The lowest BCUT2D eigenvalue weighted by molar-refractivity contribution is 0.411. The molecule has 0 radical (unpaired) electrons. The molecule has 2 aromatic heterocycles. The highest BCUT2D eigenvalue weighted by molar-refractivity contribution is 9.11. The van der Waals surface area contributed by atoms with Crippen LogP contribution in [0.4, 0.5) is 0 Å². The molecule has 0 saturated carbocycles. The van der Waals surface area contributed by atoms with Gasteiger partial charge in [-0.25, -0.2) is 0 Å². The second kappa shape index (κ2) is 5.19. The Hall–Kier alpha value is -0.580. The molecule has 0 spiro atoms. The number of furan rings is 1. The van der Waals surface area contributed by atoms with E-state index in [1.165, 1.54) is 33.5 Å². The first kappa shape index (κ1) is 12.5. The average Bonchev–Trinajstić information content (AvgIpc) is 2.91. The molecule has 3 rings (SSSR count). The number of thiophene rings is 1. The molecule has 1 N–H and O–H groups in total. The van der Waals surface area contributed by atoms with Gasteiger partial charge < -0.3 is 9.73 Å². The third-order valence-corrected chi connectivity index (χ3v) is 5.12. The van der Waals surface area contributed by atoms with Gasteiger partial charge in [-0.05, 0) is 65.9 Å². The first-order chi connectivity index (χ1) is 8.72. The maximum absolute atomic E-state index is 5.60. The molecule has 2 aromatic rings. The molecular weight excluding hydrogens is 310 g/mol. The summed E-state index contributed by atoms with van der Waals surface area (Å²) in [7, 11) is 0. The zero-order chi connectivity index (χ0) is 12.5. The van der Waals surface area contributed by atoms with Crippen LogP contribution in [-0.4, -0.2) is 0 Å². The third kappa shape index (κ3) is 2.56. The molecule has 1 aliphatic carbocycles. The molecule has 1 aliphatic rings. The van der Waals surface area contributed by atoms with E-state index in [4.69, 9.17) is 4.42 Å². The summed E-state index contributed by atoms with van der Waals surface area (Å²) < 4.78 is 6.84. The van der Waals surface area contributed by atoms with Gasteiger partial charge in [0.05, 0.1) is 10.3 Å². The predicted octanol–water partition coefficient (Wildman–Crippen LogP) is 4.58. The first-order valence-corrected chi connectivity index (χ1v) is 7.90. The molecule has 0 aromatic carbocycles. The van der Waals surface area contributed by atoms with E-state index in [9.17, 15) is 0 Å². The van der Waals surface area contributed by atoms with Crippen LogP contribution >= 0.6 is 27.3 Å². The van der Waals surface area contributed by atoms with Crippen molar-refractivity contribution in [3.8, 4) is 0 Å². The molecule has 2 nitrogen and oxygen atoms in total. The third-order valence-electron chi connectivity index (χ3n) is 3.40. The predicted molar refractivity (Wildman–Crippen MR) is 78.0 cm³/mol. The highest BCUT2D eigenvalue weighted by atomic mass is 79.9. The minimum atomic E-state index is 0.474. The highest BCUT2D eigenvalue weighted by Crippen LogP contribution is 2.38. The molecule has 0 aliphatic heterocycles. The van der Waals surface area contributed by atoms with Crippen LogP contribution in [0.2, 0.25) is 0 Å². The fourth-order valence-corrected chi connectivity index (χ4v) is 4.36. The monoisotopic (exact) mass is 325 g/mol. The average molecular weight is 326 g/mol. The van der Waals surface area contributed by atoms with E-state index < -0.39 is 0 Å². The van der Waals surface area contributed by atoms with Crippen LogP contribution in [0.3, 0.4) is 0 Å². The van der Waals surface area contributed by atoms with Gasteiger partial charge in [0.1, 0.15) is 11.5 Å². The molecule has 1 atom stereocenters. The number of hydrogen-bond donors (Lipinski definition) is 1. The summed E-state index contributed by atoms with van der Waals surface area (Å²) in [6.07, 6.45) is 3.72. The highest BCUT2D eigenvalue weighted by Gasteiger charge is 2.22. The summed E-state index contributed by atoms with van der Waals surface area (Å²) in [5.74, 6) is 2.00. The molecular formula is C14H16BrNOS. The maximum atomic E-state index is 5.60. The Morgan fingerprint density at radius 3 is 3.17 bits per heavy atom. The van der Waals surface area contributed by atoms with Crippen LogP contribution in [0.25, 0.3) is 0 Å². The summed E-state index contributed by atoms with van der Waals surface area (Å²) in [4.78, 5) is 1.53. The maximum Gasteiger partial charge on any atom is 0.117 e. The Balaban J connectivity index is 1.70. The SMILES string of the molecule is Cc1ccc(CNC2CCCc3sc(Br)cc32)o1. The largest absolute Gasteiger partial charge is 0.465 e. The van der Waals surface area contributed by atoms with E-state index in [1.54, 1.807) is 0 Å². The van der Waals surface area contributed by atoms with Gasteiger partial charge >= 0.3 is 0 Å². The molecule has 2 heterocycles. The van der Waals surface area contributed by atoms with E-state index in [2.05, 4.69) is 33.4 Å². The van der Waals surface area contributed by atoms with Crippen molar-refractivity contribution in [2.24, 2.45) is 0 Å². The molecule has 18 heavy (non-hydrogen) atoms. The number of fused-ring (bicyclic) bond motifs is 1. The Kier molecular flexibility index (Phi) is 3.59. The van der Waals surface area contributed by atoms with Gasteiger partial charge in [-0.2, -0.15) is 0 Å². The topological polar surface area (TPSA) is 25.2 Å². The smallest absolute Gasteiger partial charge is 0.117 e. The van der Waals surface area contributed by atoms with Crippen molar-refractivity contribution >= 4 is 27.3 Å². The quantitative estimate of drug-likeness (QED) is 0.893. The number of aryl methyl sites for hydroxylation is 2. The van der Waals surface area contributed by atoms with Gasteiger partial charge in [0, 0.05) is 10.9 Å². The Labute approximate surface area is 120 Å². The van der Waals surface area contributed by atoms with Crippen LogP contribution in [0.5, 0.6) is 0 Å². The number of nitrogens with one attached hydrogen (secondary N) is 1. The van der Waals surface area contributed by atoms with E-state index in [-0.39, 0.29) is 0 Å². The van der Waals surface area contributed by atoms with Crippen LogP contribution in [0, 0.1) is 6.92 Å². The van der Waals surface area contributed by atoms with Crippen molar-refractivity contribution in [2.45, 2.75) is 38.8 Å². The van der Waals surface area contributed by atoms with E-state index in [0.29, 0.717) is 6.04 Å². The van der Waals surface area contributed by atoms with Crippen LogP contribution in [0.15, 0.2) is 26.4 Å².